The second-order valence-electron chi connectivity index (χ2n) is 2.54. The first-order valence-corrected chi connectivity index (χ1v) is 4.83. The quantitative estimate of drug-likeness (QED) is 0.820. The zero-order valence-electron chi connectivity index (χ0n) is 7.12. The summed E-state index contributed by atoms with van der Waals surface area (Å²) in [6.45, 7) is 2.92. The van der Waals surface area contributed by atoms with Crippen LogP contribution in [0.2, 0.25) is 0 Å². The fraction of sp³-hybridized carbons (Fsp3) is 0.429. The van der Waals surface area contributed by atoms with Crippen LogP contribution in [-0.2, 0) is 6.54 Å². The number of halogens is 1. The fourth-order valence-corrected chi connectivity index (χ4v) is 1.66. The number of carboxylic acid groups (broad SMARTS) is 1. The average Bonchev–Trinajstić information content (AvgIpc) is 2.29. The van der Waals surface area contributed by atoms with Crippen molar-refractivity contribution >= 4 is 28.7 Å². The highest BCUT2D eigenvalue weighted by atomic mass is 127. The van der Waals surface area contributed by atoms with Crippen LogP contribution in [0, 0.1) is 10.6 Å². The molecule has 6 heteroatoms. The van der Waals surface area contributed by atoms with E-state index in [1.807, 2.05) is 17.7 Å². The van der Waals surface area contributed by atoms with E-state index in [-0.39, 0.29) is 0 Å². The molecular weight excluding hydrogens is 285 g/mol. The molecule has 0 aliphatic rings. The molecule has 0 atom stereocenters. The van der Waals surface area contributed by atoms with Crippen LogP contribution in [0.15, 0.2) is 6.20 Å². The third-order valence-corrected chi connectivity index (χ3v) is 2.10. The van der Waals surface area contributed by atoms with Gasteiger partial charge in [-0.3, -0.25) is 0 Å². The predicted molar refractivity (Wildman–Crippen MR) is 55.7 cm³/mol. The first-order chi connectivity index (χ1) is 6.09. The minimum Gasteiger partial charge on any atom is -0.465 e. The summed E-state index contributed by atoms with van der Waals surface area (Å²) in [5.41, 5.74) is 0. The molecule has 5 nitrogen and oxygen atoms in total. The highest BCUT2D eigenvalue weighted by Gasteiger charge is 2.01. The van der Waals surface area contributed by atoms with E-state index in [2.05, 4.69) is 32.9 Å². The summed E-state index contributed by atoms with van der Waals surface area (Å²) >= 11 is 2.12. The standard InChI is InChI=1S/C7H10IN3O2/c1-5-10-6(8)4-11(5)3-2-9-7(12)13/h4,9H,2-3H2,1H3,(H,12,13). The zero-order valence-corrected chi connectivity index (χ0v) is 9.28. The second-order valence-corrected chi connectivity index (χ2v) is 3.64. The van der Waals surface area contributed by atoms with Crippen molar-refractivity contribution in [2.75, 3.05) is 6.54 Å². The Labute approximate surface area is 89.3 Å². The van der Waals surface area contributed by atoms with Gasteiger partial charge in [-0.25, -0.2) is 9.78 Å². The van der Waals surface area contributed by atoms with Crippen LogP contribution in [0.1, 0.15) is 5.82 Å². The number of imidazole rings is 1. The number of rotatable bonds is 3. The van der Waals surface area contributed by atoms with Crippen molar-refractivity contribution < 1.29 is 9.90 Å². The maximum Gasteiger partial charge on any atom is 0.404 e. The van der Waals surface area contributed by atoms with Gasteiger partial charge in [0.15, 0.2) is 0 Å². The molecule has 1 heterocycles. The number of aryl methyl sites for hydroxylation is 1. The number of nitrogens with one attached hydrogen (secondary N) is 1. The SMILES string of the molecule is Cc1nc(I)cn1CCNC(=O)O. The molecule has 0 unspecified atom stereocenters. The zero-order chi connectivity index (χ0) is 9.84. The molecule has 0 fully saturated rings. The van der Waals surface area contributed by atoms with Gasteiger partial charge < -0.3 is 15.0 Å². The summed E-state index contributed by atoms with van der Waals surface area (Å²) in [5, 5.41) is 10.6. The Morgan fingerprint density at radius 3 is 3.00 bits per heavy atom. The number of aromatic nitrogens is 2. The van der Waals surface area contributed by atoms with Crippen molar-refractivity contribution in [2.45, 2.75) is 13.5 Å². The summed E-state index contributed by atoms with van der Waals surface area (Å²) in [6, 6.07) is 0. The molecule has 0 aliphatic heterocycles. The van der Waals surface area contributed by atoms with Gasteiger partial charge >= 0.3 is 6.09 Å². The number of carbonyl (C=O) groups is 1. The van der Waals surface area contributed by atoms with E-state index in [9.17, 15) is 4.79 Å². The topological polar surface area (TPSA) is 67.2 Å². The van der Waals surface area contributed by atoms with Crippen LogP contribution in [0.4, 0.5) is 4.79 Å². The van der Waals surface area contributed by atoms with Gasteiger partial charge in [0.2, 0.25) is 0 Å². The van der Waals surface area contributed by atoms with Gasteiger partial charge in [-0.2, -0.15) is 0 Å². The van der Waals surface area contributed by atoms with Crippen LogP contribution < -0.4 is 5.32 Å². The summed E-state index contributed by atoms with van der Waals surface area (Å²) in [5.74, 6) is 0.900. The molecule has 13 heavy (non-hydrogen) atoms. The Balaban J connectivity index is 2.45. The van der Waals surface area contributed by atoms with E-state index in [4.69, 9.17) is 5.11 Å². The van der Waals surface area contributed by atoms with E-state index < -0.39 is 6.09 Å². The lowest BCUT2D eigenvalue weighted by atomic mass is 10.5. The molecule has 1 aromatic heterocycles. The highest BCUT2D eigenvalue weighted by Crippen LogP contribution is 2.04. The van der Waals surface area contributed by atoms with Gasteiger partial charge in [0, 0.05) is 19.3 Å². The molecular formula is C7H10IN3O2. The van der Waals surface area contributed by atoms with Crippen molar-refractivity contribution in [3.63, 3.8) is 0 Å². The Morgan fingerprint density at radius 1 is 1.85 bits per heavy atom. The molecule has 0 bridgehead atoms. The number of amides is 1. The van der Waals surface area contributed by atoms with Crippen molar-refractivity contribution in [1.29, 1.82) is 0 Å². The van der Waals surface area contributed by atoms with Crippen molar-refractivity contribution in [3.8, 4) is 0 Å². The van der Waals surface area contributed by atoms with Crippen LogP contribution in [-0.4, -0.2) is 27.3 Å². The smallest absolute Gasteiger partial charge is 0.404 e. The monoisotopic (exact) mass is 295 g/mol. The van der Waals surface area contributed by atoms with Gasteiger partial charge in [0.25, 0.3) is 0 Å². The molecule has 72 valence electrons. The molecule has 1 aromatic rings. The summed E-state index contributed by atoms with van der Waals surface area (Å²) in [7, 11) is 0. The first-order valence-electron chi connectivity index (χ1n) is 3.75. The van der Waals surface area contributed by atoms with E-state index in [0.717, 1.165) is 9.53 Å². The largest absolute Gasteiger partial charge is 0.465 e. The normalized spacial score (nSPS) is 10.0. The number of hydrogen-bond acceptors (Lipinski definition) is 2. The van der Waals surface area contributed by atoms with E-state index in [0.29, 0.717) is 13.1 Å². The molecule has 0 saturated carbocycles. The Hall–Kier alpha value is -0.790. The number of nitrogens with zero attached hydrogens (tertiary/aromatic N) is 2. The molecule has 0 aromatic carbocycles. The fourth-order valence-electron chi connectivity index (χ4n) is 0.979. The highest BCUT2D eigenvalue weighted by molar-refractivity contribution is 14.1. The van der Waals surface area contributed by atoms with Gasteiger partial charge in [-0.05, 0) is 29.5 Å². The summed E-state index contributed by atoms with van der Waals surface area (Å²) < 4.78 is 2.84. The lowest BCUT2D eigenvalue weighted by Gasteiger charge is -2.03. The Kier molecular flexibility index (Phi) is 3.52. The maximum atomic E-state index is 10.1. The minimum atomic E-state index is -0.993. The molecule has 1 amide bonds. The van der Waals surface area contributed by atoms with Crippen molar-refractivity contribution in [2.24, 2.45) is 0 Å². The third-order valence-electron chi connectivity index (χ3n) is 1.58. The summed E-state index contributed by atoms with van der Waals surface area (Å²) in [6.07, 6.45) is 0.895. The van der Waals surface area contributed by atoms with Crippen LogP contribution in [0.3, 0.4) is 0 Å². The van der Waals surface area contributed by atoms with Crippen LogP contribution in [0.25, 0.3) is 0 Å². The number of hydrogen-bond donors (Lipinski definition) is 2. The van der Waals surface area contributed by atoms with Gasteiger partial charge in [0.1, 0.15) is 9.53 Å². The molecule has 0 spiro atoms. The average molecular weight is 295 g/mol. The molecule has 2 N–H and O–H groups in total. The van der Waals surface area contributed by atoms with Crippen LogP contribution >= 0.6 is 22.6 Å². The lowest BCUT2D eigenvalue weighted by Crippen LogP contribution is -2.25. The first kappa shape index (κ1) is 10.3. The maximum absolute atomic E-state index is 10.1. The second kappa shape index (κ2) is 4.45. The van der Waals surface area contributed by atoms with Gasteiger partial charge in [0.05, 0.1) is 0 Å². The van der Waals surface area contributed by atoms with Crippen molar-refractivity contribution in [1.82, 2.24) is 14.9 Å². The van der Waals surface area contributed by atoms with E-state index in [1.165, 1.54) is 0 Å². The minimum absolute atomic E-state index is 0.405. The Bertz CT molecular complexity index is 311. The van der Waals surface area contributed by atoms with Gasteiger partial charge in [-0.15, -0.1) is 0 Å². The summed E-state index contributed by atoms with van der Waals surface area (Å²) in [4.78, 5) is 14.3. The van der Waals surface area contributed by atoms with E-state index in [1.54, 1.807) is 0 Å². The molecule has 1 rings (SSSR count). The lowest BCUT2D eigenvalue weighted by molar-refractivity contribution is 0.194. The molecule has 0 saturated heterocycles. The van der Waals surface area contributed by atoms with Crippen molar-refractivity contribution in [3.05, 3.63) is 15.7 Å². The molecule has 0 radical (unpaired) electrons. The third kappa shape index (κ3) is 3.21. The predicted octanol–water partition coefficient (Wildman–Crippen LogP) is 1.06. The molecule has 0 aliphatic carbocycles. The Morgan fingerprint density at radius 2 is 2.54 bits per heavy atom. The van der Waals surface area contributed by atoms with E-state index >= 15 is 0 Å². The van der Waals surface area contributed by atoms with Gasteiger partial charge in [-0.1, -0.05) is 0 Å². The van der Waals surface area contributed by atoms with Crippen LogP contribution in [0.5, 0.6) is 0 Å².